The largest absolute Gasteiger partial charge is 0.491 e. The van der Waals surface area contributed by atoms with E-state index in [0.29, 0.717) is 6.42 Å². The van der Waals surface area contributed by atoms with Crippen LogP contribution >= 0.6 is 0 Å². The highest BCUT2D eigenvalue weighted by Crippen LogP contribution is 2.21. The molecule has 0 saturated carbocycles. The lowest BCUT2D eigenvalue weighted by Crippen LogP contribution is -2.05. The van der Waals surface area contributed by atoms with Gasteiger partial charge in [-0.2, -0.15) is 0 Å². The van der Waals surface area contributed by atoms with Crippen molar-refractivity contribution in [3.63, 3.8) is 0 Å². The zero-order valence-electron chi connectivity index (χ0n) is 11.1. The molecule has 0 radical (unpaired) electrons. The molecule has 19 heavy (non-hydrogen) atoms. The lowest BCUT2D eigenvalue weighted by molar-refractivity contribution is -0.136. The molecule has 0 aliphatic heterocycles. The molecule has 0 unspecified atom stereocenters. The summed E-state index contributed by atoms with van der Waals surface area (Å²) in [5.74, 6) is 0.0187. The van der Waals surface area contributed by atoms with Crippen LogP contribution in [-0.2, 0) is 11.2 Å². The number of aromatic nitrogens is 1. The minimum atomic E-state index is -0.803. The predicted molar refractivity (Wildman–Crippen MR) is 73.5 cm³/mol. The number of pyridine rings is 1. The van der Waals surface area contributed by atoms with Gasteiger partial charge in [-0.25, -0.2) is 0 Å². The van der Waals surface area contributed by atoms with Crippen LogP contribution in [0.2, 0.25) is 0 Å². The van der Waals surface area contributed by atoms with Crippen LogP contribution in [0.1, 0.15) is 26.0 Å². The molecule has 0 spiro atoms. The van der Waals surface area contributed by atoms with E-state index in [-0.39, 0.29) is 12.5 Å². The van der Waals surface area contributed by atoms with Gasteiger partial charge in [-0.15, -0.1) is 0 Å². The minimum absolute atomic E-state index is 0.104. The Morgan fingerprint density at radius 1 is 1.32 bits per heavy atom. The molecule has 2 aromatic rings. The zero-order chi connectivity index (χ0) is 13.8. The van der Waals surface area contributed by atoms with E-state index in [4.69, 9.17) is 9.84 Å². The van der Waals surface area contributed by atoms with Crippen LogP contribution < -0.4 is 4.74 Å². The maximum Gasteiger partial charge on any atom is 0.303 e. The highest BCUT2D eigenvalue weighted by atomic mass is 16.5. The Bertz CT molecular complexity index is 593. The van der Waals surface area contributed by atoms with E-state index in [0.717, 1.165) is 22.3 Å². The van der Waals surface area contributed by atoms with E-state index in [9.17, 15) is 4.79 Å². The summed E-state index contributed by atoms with van der Waals surface area (Å²) in [5, 5.41) is 9.66. The molecule has 0 aliphatic carbocycles. The standard InChI is InChI=1S/C15H17NO3/c1-10(2)19-13-6-7-14-11(9-13)3-4-12(16-14)5-8-15(17)18/h3-4,6-7,9-10H,5,8H2,1-2H3,(H,17,18). The number of benzene rings is 1. The number of ether oxygens (including phenoxy) is 1. The molecule has 0 aliphatic rings. The van der Waals surface area contributed by atoms with Gasteiger partial charge in [0.2, 0.25) is 0 Å². The Morgan fingerprint density at radius 3 is 2.79 bits per heavy atom. The average molecular weight is 259 g/mol. The molecule has 2 rings (SSSR count). The van der Waals surface area contributed by atoms with Crippen molar-refractivity contribution < 1.29 is 14.6 Å². The van der Waals surface area contributed by atoms with E-state index < -0.39 is 5.97 Å². The smallest absolute Gasteiger partial charge is 0.303 e. The van der Waals surface area contributed by atoms with Crippen LogP contribution in [0, 0.1) is 0 Å². The summed E-state index contributed by atoms with van der Waals surface area (Å²) in [6, 6.07) is 9.55. The normalized spacial score (nSPS) is 10.9. The molecular formula is C15H17NO3. The molecule has 1 heterocycles. The van der Waals surface area contributed by atoms with Crippen LogP contribution in [0.4, 0.5) is 0 Å². The Hall–Kier alpha value is -2.10. The fourth-order valence-electron chi connectivity index (χ4n) is 1.87. The zero-order valence-corrected chi connectivity index (χ0v) is 11.1. The summed E-state index contributed by atoms with van der Waals surface area (Å²) in [6.07, 6.45) is 0.697. The third-order valence-corrected chi connectivity index (χ3v) is 2.69. The first-order valence-electron chi connectivity index (χ1n) is 6.33. The number of aryl methyl sites for hydroxylation is 1. The van der Waals surface area contributed by atoms with Gasteiger partial charge >= 0.3 is 5.97 Å². The van der Waals surface area contributed by atoms with Crippen molar-refractivity contribution in [3.8, 4) is 5.75 Å². The average Bonchev–Trinajstić information content (AvgIpc) is 2.35. The molecule has 0 saturated heterocycles. The Kier molecular flexibility index (Phi) is 4.00. The third-order valence-electron chi connectivity index (χ3n) is 2.69. The van der Waals surface area contributed by atoms with Crippen LogP contribution in [0.25, 0.3) is 10.9 Å². The number of carbonyl (C=O) groups is 1. The molecule has 0 bridgehead atoms. The summed E-state index contributed by atoms with van der Waals surface area (Å²) in [4.78, 5) is 15.0. The molecule has 1 aromatic carbocycles. The molecule has 0 fully saturated rings. The van der Waals surface area contributed by atoms with Gasteiger partial charge in [0.1, 0.15) is 5.75 Å². The highest BCUT2D eigenvalue weighted by Gasteiger charge is 2.04. The van der Waals surface area contributed by atoms with E-state index in [1.54, 1.807) is 0 Å². The number of nitrogens with zero attached hydrogens (tertiary/aromatic N) is 1. The molecule has 0 atom stereocenters. The summed E-state index contributed by atoms with van der Waals surface area (Å²) >= 11 is 0. The number of rotatable bonds is 5. The van der Waals surface area contributed by atoms with Gasteiger partial charge in [-0.1, -0.05) is 6.07 Å². The number of carboxylic acid groups (broad SMARTS) is 1. The molecular weight excluding hydrogens is 242 g/mol. The number of carboxylic acids is 1. The van der Waals surface area contributed by atoms with Crippen molar-refractivity contribution in [1.82, 2.24) is 4.98 Å². The summed E-state index contributed by atoms with van der Waals surface area (Å²) in [6.45, 7) is 3.97. The topological polar surface area (TPSA) is 59.4 Å². The predicted octanol–water partition coefficient (Wildman–Crippen LogP) is 3.04. The first-order chi connectivity index (χ1) is 9.04. The molecule has 4 heteroatoms. The van der Waals surface area contributed by atoms with Crippen molar-refractivity contribution in [2.45, 2.75) is 32.8 Å². The van der Waals surface area contributed by atoms with Gasteiger partial charge in [0.05, 0.1) is 18.0 Å². The van der Waals surface area contributed by atoms with Gasteiger partial charge in [-0.05, 0) is 38.1 Å². The molecule has 4 nitrogen and oxygen atoms in total. The van der Waals surface area contributed by atoms with E-state index >= 15 is 0 Å². The molecule has 0 amide bonds. The fourth-order valence-corrected chi connectivity index (χ4v) is 1.87. The summed E-state index contributed by atoms with van der Waals surface area (Å²) < 4.78 is 5.63. The second kappa shape index (κ2) is 5.69. The van der Waals surface area contributed by atoms with Gasteiger partial charge in [0.15, 0.2) is 0 Å². The first-order valence-corrected chi connectivity index (χ1v) is 6.33. The third kappa shape index (κ3) is 3.68. The summed E-state index contributed by atoms with van der Waals surface area (Å²) in [7, 11) is 0. The van der Waals surface area contributed by atoms with Crippen LogP contribution in [0.3, 0.4) is 0 Å². The monoisotopic (exact) mass is 259 g/mol. The second-order valence-electron chi connectivity index (χ2n) is 4.72. The second-order valence-corrected chi connectivity index (χ2v) is 4.72. The van der Waals surface area contributed by atoms with E-state index in [1.165, 1.54) is 0 Å². The van der Waals surface area contributed by atoms with Crippen molar-refractivity contribution in [3.05, 3.63) is 36.0 Å². The maximum atomic E-state index is 10.5. The number of aliphatic carboxylic acids is 1. The van der Waals surface area contributed by atoms with E-state index in [1.807, 2.05) is 44.2 Å². The SMILES string of the molecule is CC(C)Oc1ccc2nc(CCC(=O)O)ccc2c1. The first kappa shape index (κ1) is 13.3. The van der Waals surface area contributed by atoms with Gasteiger partial charge < -0.3 is 9.84 Å². The Labute approximate surface area is 112 Å². The highest BCUT2D eigenvalue weighted by molar-refractivity contribution is 5.80. The van der Waals surface area contributed by atoms with Crippen molar-refractivity contribution in [2.75, 3.05) is 0 Å². The number of fused-ring (bicyclic) bond motifs is 1. The van der Waals surface area contributed by atoms with Crippen molar-refractivity contribution in [2.24, 2.45) is 0 Å². The molecule has 1 aromatic heterocycles. The fraction of sp³-hybridized carbons (Fsp3) is 0.333. The van der Waals surface area contributed by atoms with Crippen molar-refractivity contribution >= 4 is 16.9 Å². The molecule has 1 N–H and O–H groups in total. The van der Waals surface area contributed by atoms with Gasteiger partial charge in [-0.3, -0.25) is 9.78 Å². The van der Waals surface area contributed by atoms with Crippen molar-refractivity contribution in [1.29, 1.82) is 0 Å². The van der Waals surface area contributed by atoms with Crippen LogP contribution in [-0.4, -0.2) is 22.2 Å². The molecule has 100 valence electrons. The number of hydrogen-bond donors (Lipinski definition) is 1. The lowest BCUT2D eigenvalue weighted by atomic mass is 10.1. The number of hydrogen-bond acceptors (Lipinski definition) is 3. The van der Waals surface area contributed by atoms with Gasteiger partial charge in [0.25, 0.3) is 0 Å². The Balaban J connectivity index is 2.22. The van der Waals surface area contributed by atoms with Crippen LogP contribution in [0.5, 0.6) is 5.75 Å². The van der Waals surface area contributed by atoms with E-state index in [2.05, 4.69) is 4.98 Å². The minimum Gasteiger partial charge on any atom is -0.491 e. The summed E-state index contributed by atoms with van der Waals surface area (Å²) in [5.41, 5.74) is 1.66. The quantitative estimate of drug-likeness (QED) is 0.896. The Morgan fingerprint density at radius 2 is 2.11 bits per heavy atom. The lowest BCUT2D eigenvalue weighted by Gasteiger charge is -2.10. The van der Waals surface area contributed by atoms with Crippen LogP contribution in [0.15, 0.2) is 30.3 Å². The maximum absolute atomic E-state index is 10.5. The van der Waals surface area contributed by atoms with Gasteiger partial charge in [0, 0.05) is 17.5 Å².